The van der Waals surface area contributed by atoms with Crippen molar-refractivity contribution in [3.05, 3.63) is 39.4 Å². The van der Waals surface area contributed by atoms with Gasteiger partial charge >= 0.3 is 11.7 Å². The van der Waals surface area contributed by atoms with Gasteiger partial charge in [0.2, 0.25) is 5.82 Å². The van der Waals surface area contributed by atoms with E-state index in [-0.39, 0.29) is 0 Å². The van der Waals surface area contributed by atoms with E-state index in [1.807, 2.05) is 6.92 Å². The fraction of sp³-hybridized carbons (Fsp3) is 0.500. The van der Waals surface area contributed by atoms with E-state index in [1.54, 1.807) is 0 Å². The van der Waals surface area contributed by atoms with Gasteiger partial charge in [-0.25, -0.2) is 9.18 Å². The maximum Gasteiger partial charge on any atom is 0.344 e. The molecule has 0 heterocycles. The molecule has 0 bridgehead atoms. The average molecular weight is 299 g/mol. The summed E-state index contributed by atoms with van der Waals surface area (Å²) >= 11 is 0. The van der Waals surface area contributed by atoms with E-state index in [4.69, 9.17) is 4.74 Å². The van der Waals surface area contributed by atoms with Crippen LogP contribution in [-0.2, 0) is 4.74 Å². The molecule has 1 aliphatic carbocycles. The van der Waals surface area contributed by atoms with Crippen LogP contribution in [0, 0.1) is 27.7 Å². The second kappa shape index (κ2) is 6.15. The first-order valence-corrected chi connectivity index (χ1v) is 6.73. The number of esters is 1. The zero-order valence-corrected chi connectivity index (χ0v) is 11.5. The van der Waals surface area contributed by atoms with Crippen molar-refractivity contribution in [3.63, 3.8) is 0 Å². The molecule has 1 aromatic carbocycles. The fourth-order valence-electron chi connectivity index (χ4n) is 2.57. The maximum atomic E-state index is 13.9. The van der Waals surface area contributed by atoms with Gasteiger partial charge < -0.3 is 4.74 Å². The van der Waals surface area contributed by atoms with Gasteiger partial charge in [0, 0.05) is 6.07 Å². The summed E-state index contributed by atoms with van der Waals surface area (Å²) < 4.78 is 32.6. The minimum absolute atomic E-state index is 0.372. The van der Waals surface area contributed by atoms with Crippen LogP contribution in [0.4, 0.5) is 14.5 Å². The molecule has 1 aromatic rings. The highest BCUT2D eigenvalue weighted by atomic mass is 19.1. The fourth-order valence-corrected chi connectivity index (χ4v) is 2.57. The van der Waals surface area contributed by atoms with Crippen LogP contribution in [0.3, 0.4) is 0 Å². The number of rotatable bonds is 3. The van der Waals surface area contributed by atoms with Gasteiger partial charge in [-0.1, -0.05) is 13.3 Å². The first-order chi connectivity index (χ1) is 9.90. The molecule has 2 unspecified atom stereocenters. The van der Waals surface area contributed by atoms with E-state index >= 15 is 0 Å². The van der Waals surface area contributed by atoms with Crippen LogP contribution in [-0.4, -0.2) is 17.0 Å². The van der Waals surface area contributed by atoms with Crippen LogP contribution in [0.2, 0.25) is 0 Å². The van der Waals surface area contributed by atoms with Crippen LogP contribution in [0.25, 0.3) is 0 Å². The molecule has 21 heavy (non-hydrogen) atoms. The molecule has 0 spiro atoms. The Hall–Kier alpha value is -2.05. The summed E-state index contributed by atoms with van der Waals surface area (Å²) in [5.74, 6) is -3.47. The molecule has 1 fully saturated rings. The molecule has 0 radical (unpaired) electrons. The molecule has 114 valence electrons. The third kappa shape index (κ3) is 3.34. The zero-order chi connectivity index (χ0) is 15.6. The summed E-state index contributed by atoms with van der Waals surface area (Å²) in [6.45, 7) is 2.01. The normalized spacial score (nSPS) is 21.9. The first-order valence-electron chi connectivity index (χ1n) is 6.73. The van der Waals surface area contributed by atoms with E-state index in [2.05, 4.69) is 0 Å². The van der Waals surface area contributed by atoms with Gasteiger partial charge in [-0.2, -0.15) is 4.39 Å². The SMILES string of the molecule is CC1CCCC(OC(=O)c2c(F)ccc([N+](=O)[O-])c2F)C1. The lowest BCUT2D eigenvalue weighted by Crippen LogP contribution is -2.25. The number of halogens is 2. The largest absolute Gasteiger partial charge is 0.459 e. The van der Waals surface area contributed by atoms with Gasteiger partial charge in [0.25, 0.3) is 0 Å². The summed E-state index contributed by atoms with van der Waals surface area (Å²) in [6.07, 6.45) is 2.75. The number of carbonyl (C=O) groups excluding carboxylic acids is 1. The second-order valence-electron chi connectivity index (χ2n) is 5.31. The summed E-state index contributed by atoms with van der Waals surface area (Å²) in [7, 11) is 0. The summed E-state index contributed by atoms with van der Waals surface area (Å²) in [5.41, 5.74) is -1.94. The van der Waals surface area contributed by atoms with Crippen LogP contribution in [0.5, 0.6) is 0 Å². The third-order valence-electron chi connectivity index (χ3n) is 3.63. The Morgan fingerprint density at radius 3 is 2.71 bits per heavy atom. The Kier molecular flexibility index (Phi) is 4.50. The van der Waals surface area contributed by atoms with Crippen molar-refractivity contribution in [2.24, 2.45) is 5.92 Å². The number of nitro groups is 1. The Bertz CT molecular complexity index is 576. The van der Waals surface area contributed by atoms with Crippen LogP contribution >= 0.6 is 0 Å². The topological polar surface area (TPSA) is 69.4 Å². The van der Waals surface area contributed by atoms with Crippen molar-refractivity contribution in [1.82, 2.24) is 0 Å². The lowest BCUT2D eigenvalue weighted by Gasteiger charge is -2.26. The minimum Gasteiger partial charge on any atom is -0.459 e. The van der Waals surface area contributed by atoms with Crippen molar-refractivity contribution in [2.45, 2.75) is 38.7 Å². The Morgan fingerprint density at radius 1 is 1.38 bits per heavy atom. The first kappa shape index (κ1) is 15.3. The number of hydrogen-bond donors (Lipinski definition) is 0. The summed E-state index contributed by atoms with van der Waals surface area (Å²) in [5, 5.41) is 10.6. The summed E-state index contributed by atoms with van der Waals surface area (Å²) in [4.78, 5) is 21.5. The van der Waals surface area contributed by atoms with Gasteiger partial charge in [-0.15, -0.1) is 0 Å². The van der Waals surface area contributed by atoms with E-state index in [0.29, 0.717) is 30.9 Å². The maximum absolute atomic E-state index is 13.9. The molecular weight excluding hydrogens is 284 g/mol. The molecule has 1 aliphatic rings. The smallest absolute Gasteiger partial charge is 0.344 e. The number of ether oxygens (including phenoxy) is 1. The van der Waals surface area contributed by atoms with Crippen molar-refractivity contribution in [3.8, 4) is 0 Å². The molecule has 0 saturated heterocycles. The van der Waals surface area contributed by atoms with E-state index in [1.165, 1.54) is 0 Å². The molecule has 7 heteroatoms. The molecule has 2 rings (SSSR count). The van der Waals surface area contributed by atoms with Gasteiger partial charge in [0.1, 0.15) is 17.5 Å². The number of carbonyl (C=O) groups is 1. The van der Waals surface area contributed by atoms with Crippen LogP contribution in [0.15, 0.2) is 12.1 Å². The molecule has 2 atom stereocenters. The van der Waals surface area contributed by atoms with Crippen molar-refractivity contribution < 1.29 is 23.2 Å². The van der Waals surface area contributed by atoms with Crippen LogP contribution in [0.1, 0.15) is 43.0 Å². The van der Waals surface area contributed by atoms with E-state index in [0.717, 1.165) is 12.8 Å². The van der Waals surface area contributed by atoms with Gasteiger partial charge in [-0.05, 0) is 31.2 Å². The molecule has 0 aromatic heterocycles. The molecule has 5 nitrogen and oxygen atoms in total. The number of nitro benzene ring substituents is 1. The van der Waals surface area contributed by atoms with E-state index < -0.39 is 39.9 Å². The Morgan fingerprint density at radius 2 is 2.10 bits per heavy atom. The Labute approximate surface area is 120 Å². The summed E-state index contributed by atoms with van der Waals surface area (Å²) in [6, 6.07) is 1.38. The second-order valence-corrected chi connectivity index (χ2v) is 5.31. The van der Waals surface area contributed by atoms with Gasteiger partial charge in [0.05, 0.1) is 4.92 Å². The third-order valence-corrected chi connectivity index (χ3v) is 3.63. The highest BCUT2D eigenvalue weighted by Crippen LogP contribution is 2.28. The number of benzene rings is 1. The van der Waals surface area contributed by atoms with Crippen molar-refractivity contribution in [1.29, 1.82) is 0 Å². The van der Waals surface area contributed by atoms with E-state index in [9.17, 15) is 23.7 Å². The minimum atomic E-state index is -1.49. The Balaban J connectivity index is 2.22. The molecule has 0 amide bonds. The molecule has 1 saturated carbocycles. The van der Waals surface area contributed by atoms with Crippen molar-refractivity contribution >= 4 is 11.7 Å². The zero-order valence-electron chi connectivity index (χ0n) is 11.5. The number of hydrogen-bond acceptors (Lipinski definition) is 4. The monoisotopic (exact) mass is 299 g/mol. The standard InChI is InChI=1S/C14H15F2NO4/c1-8-3-2-4-9(7-8)21-14(18)12-10(15)5-6-11(13(12)16)17(19)20/h5-6,8-9H,2-4,7H2,1H3. The lowest BCUT2D eigenvalue weighted by molar-refractivity contribution is -0.387. The quantitative estimate of drug-likeness (QED) is 0.485. The molecule has 0 aliphatic heterocycles. The van der Waals surface area contributed by atoms with Crippen molar-refractivity contribution in [2.75, 3.05) is 0 Å². The number of nitrogens with zero attached hydrogens (tertiary/aromatic N) is 1. The van der Waals surface area contributed by atoms with Crippen LogP contribution < -0.4 is 0 Å². The molecule has 0 N–H and O–H groups in total. The highest BCUT2D eigenvalue weighted by molar-refractivity contribution is 5.91. The molecular formula is C14H15F2NO4. The van der Waals surface area contributed by atoms with Gasteiger partial charge in [-0.3, -0.25) is 10.1 Å². The predicted molar refractivity (Wildman–Crippen MR) is 69.8 cm³/mol. The predicted octanol–water partition coefficient (Wildman–Crippen LogP) is 3.61. The highest BCUT2D eigenvalue weighted by Gasteiger charge is 2.30. The van der Waals surface area contributed by atoms with Gasteiger partial charge in [0.15, 0.2) is 0 Å². The lowest BCUT2D eigenvalue weighted by atomic mass is 9.89. The average Bonchev–Trinajstić information content (AvgIpc) is 2.38.